The number of benzene rings is 2. The standard InChI is InChI=1S/C33H39N5O5/c39-30(23-6-8-27(9-7-23)38-21-24-3-1-2-4-28(24)35-32(38)41)19-25(17-22-5-10-29-26(18-22)20-34-36-29)31(40)37-13-11-33(12-14-37)42-15-16-43-33/h1-5,10,18,20,23,25,27H,6-9,11-17,19,21H2,(H,34,36)(H,35,41). The summed E-state index contributed by atoms with van der Waals surface area (Å²) < 4.78 is 11.7. The van der Waals surface area contributed by atoms with Crippen molar-refractivity contribution in [1.82, 2.24) is 20.0 Å². The number of aromatic nitrogens is 2. The number of nitrogens with zero attached hydrogens (tertiary/aromatic N) is 3. The van der Waals surface area contributed by atoms with Crippen molar-refractivity contribution in [3.05, 3.63) is 59.8 Å². The fourth-order valence-corrected chi connectivity index (χ4v) is 7.40. The van der Waals surface area contributed by atoms with Crippen LogP contribution in [0.15, 0.2) is 48.7 Å². The smallest absolute Gasteiger partial charge is 0.322 e. The minimum absolute atomic E-state index is 0.0332. The summed E-state index contributed by atoms with van der Waals surface area (Å²) in [5, 5.41) is 11.1. The molecule has 3 aliphatic heterocycles. The number of hydrogen-bond acceptors (Lipinski definition) is 6. The van der Waals surface area contributed by atoms with Crippen molar-refractivity contribution in [2.24, 2.45) is 11.8 Å². The van der Waals surface area contributed by atoms with Gasteiger partial charge in [-0.2, -0.15) is 5.10 Å². The maximum Gasteiger partial charge on any atom is 0.322 e. The highest BCUT2D eigenvalue weighted by Crippen LogP contribution is 2.35. The second kappa shape index (κ2) is 11.7. The van der Waals surface area contributed by atoms with Gasteiger partial charge in [-0.15, -0.1) is 0 Å². The van der Waals surface area contributed by atoms with Gasteiger partial charge < -0.3 is 24.6 Å². The first kappa shape index (κ1) is 28.0. The lowest BCUT2D eigenvalue weighted by molar-refractivity contribution is -0.188. The number of carbonyl (C=O) groups excluding carboxylic acids is 3. The summed E-state index contributed by atoms with van der Waals surface area (Å²) in [6.07, 6.45) is 6.86. The molecule has 4 aliphatic rings. The molecule has 10 nitrogen and oxygen atoms in total. The number of likely N-dealkylation sites (tertiary alicyclic amines) is 1. The largest absolute Gasteiger partial charge is 0.347 e. The molecule has 1 aliphatic carbocycles. The third-order valence-electron chi connectivity index (χ3n) is 9.89. The second-order valence-corrected chi connectivity index (χ2v) is 12.5. The van der Waals surface area contributed by atoms with Crippen LogP contribution in [0.4, 0.5) is 10.5 Å². The Kier molecular flexibility index (Phi) is 7.65. The number of ketones is 1. The van der Waals surface area contributed by atoms with Gasteiger partial charge in [-0.25, -0.2) is 4.79 Å². The molecule has 43 heavy (non-hydrogen) atoms. The normalized spacial score (nSPS) is 24.1. The number of H-pyrrole nitrogens is 1. The fraction of sp³-hybridized carbons (Fsp3) is 0.515. The van der Waals surface area contributed by atoms with Gasteiger partial charge in [-0.3, -0.25) is 14.7 Å². The molecule has 226 valence electrons. The number of aromatic amines is 1. The molecule has 3 fully saturated rings. The lowest BCUT2D eigenvalue weighted by atomic mass is 9.79. The predicted octanol–water partition coefficient (Wildman–Crippen LogP) is 4.65. The highest BCUT2D eigenvalue weighted by Gasteiger charge is 2.42. The molecular weight excluding hydrogens is 546 g/mol. The molecule has 4 heterocycles. The van der Waals surface area contributed by atoms with E-state index in [1.54, 1.807) is 6.20 Å². The highest BCUT2D eigenvalue weighted by atomic mass is 16.7. The van der Waals surface area contributed by atoms with Gasteiger partial charge in [-0.1, -0.05) is 24.3 Å². The number of piperidine rings is 1. The van der Waals surface area contributed by atoms with Crippen LogP contribution in [0.1, 0.15) is 56.1 Å². The Morgan fingerprint density at radius 2 is 1.79 bits per heavy atom. The summed E-state index contributed by atoms with van der Waals surface area (Å²) >= 11 is 0. The van der Waals surface area contributed by atoms with Gasteiger partial charge in [0.15, 0.2) is 5.79 Å². The van der Waals surface area contributed by atoms with Crippen LogP contribution in [0.3, 0.4) is 0 Å². The molecule has 2 N–H and O–H groups in total. The summed E-state index contributed by atoms with van der Waals surface area (Å²) in [5.41, 5.74) is 3.96. The maximum absolute atomic E-state index is 14.0. The van der Waals surface area contributed by atoms with E-state index >= 15 is 0 Å². The molecule has 1 saturated carbocycles. The molecule has 0 radical (unpaired) electrons. The van der Waals surface area contributed by atoms with Crippen LogP contribution in [0, 0.1) is 11.8 Å². The second-order valence-electron chi connectivity index (χ2n) is 12.5. The SMILES string of the molecule is O=C(CC(Cc1ccc2[nH]ncc2c1)C(=O)N1CCC2(CC1)OCCO2)C1CCC(N2Cc3ccccc3NC2=O)CC1. The van der Waals surface area contributed by atoms with E-state index in [2.05, 4.69) is 21.6 Å². The van der Waals surface area contributed by atoms with Crippen molar-refractivity contribution in [3.8, 4) is 0 Å². The summed E-state index contributed by atoms with van der Waals surface area (Å²) in [6, 6.07) is 14.0. The first-order chi connectivity index (χ1) is 21.0. The molecule has 7 rings (SSSR count). The molecule has 2 aromatic carbocycles. The summed E-state index contributed by atoms with van der Waals surface area (Å²) in [6.45, 7) is 2.92. The first-order valence-electron chi connectivity index (χ1n) is 15.6. The monoisotopic (exact) mass is 585 g/mol. The number of nitrogens with one attached hydrogen (secondary N) is 2. The van der Waals surface area contributed by atoms with Gasteiger partial charge in [0.1, 0.15) is 5.78 Å². The molecule has 1 aromatic heterocycles. The number of para-hydroxylation sites is 1. The zero-order valence-electron chi connectivity index (χ0n) is 24.4. The van der Waals surface area contributed by atoms with Crippen LogP contribution in [-0.4, -0.2) is 75.9 Å². The molecule has 3 aromatic rings. The van der Waals surface area contributed by atoms with Crippen molar-refractivity contribution < 1.29 is 23.9 Å². The van der Waals surface area contributed by atoms with Crippen LogP contribution in [0.5, 0.6) is 0 Å². The summed E-state index contributed by atoms with van der Waals surface area (Å²) in [4.78, 5) is 44.4. The Morgan fingerprint density at radius 1 is 1.02 bits per heavy atom. The Bertz CT molecular complexity index is 1500. The number of fused-ring (bicyclic) bond motifs is 2. The topological polar surface area (TPSA) is 117 Å². The number of Topliss-reactive ketones (excluding diaryl/α,β-unsaturated/α-hetero) is 1. The van der Waals surface area contributed by atoms with Gasteiger partial charge in [0.2, 0.25) is 5.91 Å². The molecule has 0 bridgehead atoms. The Hall–Kier alpha value is -3.76. The van der Waals surface area contributed by atoms with Crippen molar-refractivity contribution in [2.45, 2.75) is 69.7 Å². The Morgan fingerprint density at radius 3 is 2.58 bits per heavy atom. The van der Waals surface area contributed by atoms with E-state index in [4.69, 9.17) is 9.47 Å². The lowest BCUT2D eigenvalue weighted by Crippen LogP contribution is -2.49. The number of anilines is 1. The Labute approximate surface area is 251 Å². The van der Waals surface area contributed by atoms with E-state index in [1.165, 1.54) is 0 Å². The van der Waals surface area contributed by atoms with Crippen molar-refractivity contribution in [1.29, 1.82) is 0 Å². The van der Waals surface area contributed by atoms with E-state index in [9.17, 15) is 14.4 Å². The lowest BCUT2D eigenvalue weighted by Gasteiger charge is -2.40. The van der Waals surface area contributed by atoms with Gasteiger partial charge in [0, 0.05) is 67.8 Å². The number of ether oxygens (including phenoxy) is 2. The fourth-order valence-electron chi connectivity index (χ4n) is 7.40. The minimum atomic E-state index is -0.555. The van der Waals surface area contributed by atoms with E-state index < -0.39 is 11.7 Å². The molecule has 1 spiro atoms. The van der Waals surface area contributed by atoms with Crippen LogP contribution in [0.25, 0.3) is 10.9 Å². The van der Waals surface area contributed by atoms with Crippen LogP contribution in [0.2, 0.25) is 0 Å². The van der Waals surface area contributed by atoms with Crippen molar-refractivity contribution >= 4 is 34.3 Å². The molecule has 2 saturated heterocycles. The number of hydrogen-bond donors (Lipinski definition) is 2. The van der Waals surface area contributed by atoms with E-state index in [0.717, 1.165) is 53.4 Å². The van der Waals surface area contributed by atoms with E-state index in [1.807, 2.05) is 46.2 Å². The molecule has 1 atom stereocenters. The van der Waals surface area contributed by atoms with Gasteiger partial charge in [0.05, 0.1) is 24.9 Å². The third kappa shape index (κ3) is 5.78. The zero-order valence-corrected chi connectivity index (χ0v) is 24.4. The quantitative estimate of drug-likeness (QED) is 0.417. The van der Waals surface area contributed by atoms with E-state index in [0.29, 0.717) is 52.1 Å². The third-order valence-corrected chi connectivity index (χ3v) is 9.89. The molecule has 10 heteroatoms. The Balaban J connectivity index is 1.01. The van der Waals surface area contributed by atoms with Gasteiger partial charge in [0.25, 0.3) is 0 Å². The molecular formula is C33H39N5O5. The minimum Gasteiger partial charge on any atom is -0.347 e. The number of carbonyl (C=O) groups is 3. The zero-order chi connectivity index (χ0) is 29.4. The van der Waals surface area contributed by atoms with Crippen molar-refractivity contribution in [2.75, 3.05) is 31.6 Å². The first-order valence-corrected chi connectivity index (χ1v) is 15.6. The van der Waals surface area contributed by atoms with E-state index in [-0.39, 0.29) is 36.1 Å². The highest BCUT2D eigenvalue weighted by molar-refractivity contribution is 5.92. The maximum atomic E-state index is 14.0. The van der Waals surface area contributed by atoms with Crippen LogP contribution in [-0.2, 0) is 32.0 Å². The summed E-state index contributed by atoms with van der Waals surface area (Å²) in [5.74, 6) is -0.886. The van der Waals surface area contributed by atoms with Gasteiger partial charge in [-0.05, 0) is 61.4 Å². The molecule has 3 amide bonds. The average molecular weight is 586 g/mol. The average Bonchev–Trinajstić information content (AvgIpc) is 3.70. The van der Waals surface area contributed by atoms with Gasteiger partial charge >= 0.3 is 6.03 Å². The number of urea groups is 1. The van der Waals surface area contributed by atoms with Crippen molar-refractivity contribution in [3.63, 3.8) is 0 Å². The molecule has 1 unspecified atom stereocenters. The number of rotatable bonds is 7. The summed E-state index contributed by atoms with van der Waals surface area (Å²) in [7, 11) is 0. The number of amides is 3. The van der Waals surface area contributed by atoms with Crippen LogP contribution >= 0.6 is 0 Å². The predicted molar refractivity (Wildman–Crippen MR) is 160 cm³/mol. The van der Waals surface area contributed by atoms with Crippen LogP contribution < -0.4 is 5.32 Å².